The summed E-state index contributed by atoms with van der Waals surface area (Å²) in [5, 5.41) is 13.8. The zero-order valence-electron chi connectivity index (χ0n) is 17.7. The summed E-state index contributed by atoms with van der Waals surface area (Å²) >= 11 is 0. The van der Waals surface area contributed by atoms with Crippen molar-refractivity contribution >= 4 is 22.8 Å². The number of nitrogens with one attached hydrogen (secondary N) is 1. The molecule has 8 heteroatoms. The second-order valence-electron chi connectivity index (χ2n) is 7.67. The van der Waals surface area contributed by atoms with Gasteiger partial charge in [0.25, 0.3) is 5.91 Å². The summed E-state index contributed by atoms with van der Waals surface area (Å²) in [6.07, 6.45) is 0. The number of amides is 2. The number of aromatic hydroxyl groups is 1. The van der Waals surface area contributed by atoms with E-state index in [-0.39, 0.29) is 23.8 Å². The molecule has 1 aromatic heterocycles. The van der Waals surface area contributed by atoms with Crippen LogP contribution in [-0.4, -0.2) is 54.7 Å². The fourth-order valence-electron chi connectivity index (χ4n) is 3.83. The highest BCUT2D eigenvalue weighted by molar-refractivity contribution is 5.96. The molecule has 0 spiro atoms. The van der Waals surface area contributed by atoms with Gasteiger partial charge in [-0.1, -0.05) is 31.2 Å². The number of benzene rings is 2. The summed E-state index contributed by atoms with van der Waals surface area (Å²) in [7, 11) is 0. The summed E-state index contributed by atoms with van der Waals surface area (Å²) < 4.78 is 10.6. The molecule has 1 unspecified atom stereocenters. The molecule has 0 bridgehead atoms. The van der Waals surface area contributed by atoms with Gasteiger partial charge in [0.15, 0.2) is 0 Å². The summed E-state index contributed by atoms with van der Waals surface area (Å²) in [6.45, 7) is 3.68. The fraction of sp³-hybridized carbons (Fsp3) is 0.292. The van der Waals surface area contributed by atoms with Crippen LogP contribution in [-0.2, 0) is 9.53 Å². The number of hydrogen-bond acceptors (Lipinski definition) is 6. The van der Waals surface area contributed by atoms with Crippen molar-refractivity contribution in [1.82, 2.24) is 10.2 Å². The van der Waals surface area contributed by atoms with Crippen LogP contribution < -0.4 is 10.9 Å². The number of morpholine rings is 1. The molecule has 166 valence electrons. The average molecular weight is 436 g/mol. The standard InChI is InChI=1S/C24H24N2O6/c1-15(21-22(28)18-7-2-3-8-19(18)32-24(21)30)16-5-4-6-17(13-16)23(29)25-14-20(27)26-9-11-31-12-10-26/h2-8,13,15,28H,9-12,14H2,1H3,(H,25,29). The van der Waals surface area contributed by atoms with Crippen LogP contribution in [0.5, 0.6) is 5.75 Å². The predicted molar refractivity (Wildman–Crippen MR) is 118 cm³/mol. The highest BCUT2D eigenvalue weighted by Crippen LogP contribution is 2.33. The maximum Gasteiger partial charge on any atom is 0.343 e. The fourth-order valence-corrected chi connectivity index (χ4v) is 3.83. The van der Waals surface area contributed by atoms with Gasteiger partial charge in [0.05, 0.1) is 30.7 Å². The zero-order chi connectivity index (χ0) is 22.7. The van der Waals surface area contributed by atoms with E-state index >= 15 is 0 Å². The highest BCUT2D eigenvalue weighted by atomic mass is 16.5. The molecule has 1 atom stereocenters. The molecule has 2 aromatic carbocycles. The number of para-hydroxylation sites is 1. The molecular weight excluding hydrogens is 412 g/mol. The summed E-state index contributed by atoms with van der Waals surface area (Å²) in [6, 6.07) is 13.5. The Labute approximate surface area is 184 Å². The first-order valence-corrected chi connectivity index (χ1v) is 10.4. The van der Waals surface area contributed by atoms with E-state index < -0.39 is 17.5 Å². The van der Waals surface area contributed by atoms with Gasteiger partial charge in [-0.3, -0.25) is 9.59 Å². The number of nitrogens with zero attached hydrogens (tertiary/aromatic N) is 1. The molecule has 0 radical (unpaired) electrons. The molecule has 1 aliphatic rings. The quantitative estimate of drug-likeness (QED) is 0.594. The van der Waals surface area contributed by atoms with Gasteiger partial charge in [0, 0.05) is 24.6 Å². The molecular formula is C24H24N2O6. The first-order valence-electron chi connectivity index (χ1n) is 10.4. The van der Waals surface area contributed by atoms with Crippen molar-refractivity contribution < 1.29 is 23.8 Å². The van der Waals surface area contributed by atoms with Gasteiger partial charge in [-0.2, -0.15) is 0 Å². The van der Waals surface area contributed by atoms with E-state index in [0.29, 0.717) is 48.4 Å². The minimum atomic E-state index is -0.625. The molecule has 0 aliphatic carbocycles. The SMILES string of the molecule is CC(c1cccc(C(=O)NCC(=O)N2CCOCC2)c1)c1c(O)c2ccccc2oc1=O. The Morgan fingerprint density at radius 3 is 2.66 bits per heavy atom. The Balaban J connectivity index is 1.52. The molecule has 2 N–H and O–H groups in total. The minimum Gasteiger partial charge on any atom is -0.507 e. The average Bonchev–Trinajstić information content (AvgIpc) is 2.83. The van der Waals surface area contributed by atoms with Crippen LogP contribution in [0.3, 0.4) is 0 Å². The van der Waals surface area contributed by atoms with Crippen LogP contribution in [0, 0.1) is 0 Å². The van der Waals surface area contributed by atoms with Crippen molar-refractivity contribution in [3.8, 4) is 5.75 Å². The van der Waals surface area contributed by atoms with Crippen molar-refractivity contribution in [3.63, 3.8) is 0 Å². The Morgan fingerprint density at radius 2 is 1.88 bits per heavy atom. The number of carbonyl (C=O) groups is 2. The topological polar surface area (TPSA) is 109 Å². The summed E-state index contributed by atoms with van der Waals surface area (Å²) in [4.78, 5) is 39.1. The maximum atomic E-state index is 12.6. The van der Waals surface area contributed by atoms with Crippen LogP contribution in [0.15, 0.2) is 57.7 Å². The van der Waals surface area contributed by atoms with Crippen LogP contribution in [0.2, 0.25) is 0 Å². The van der Waals surface area contributed by atoms with Crippen LogP contribution in [0.1, 0.15) is 34.3 Å². The van der Waals surface area contributed by atoms with Crippen molar-refractivity contribution in [2.24, 2.45) is 0 Å². The molecule has 1 saturated heterocycles. The maximum absolute atomic E-state index is 12.6. The van der Waals surface area contributed by atoms with E-state index in [1.807, 2.05) is 0 Å². The molecule has 4 rings (SSSR count). The lowest BCUT2D eigenvalue weighted by Crippen LogP contribution is -2.45. The lowest BCUT2D eigenvalue weighted by Gasteiger charge is -2.26. The Hall–Kier alpha value is -3.65. The summed E-state index contributed by atoms with van der Waals surface area (Å²) in [5.74, 6) is -1.20. The van der Waals surface area contributed by atoms with Gasteiger partial charge in [0.2, 0.25) is 5.91 Å². The molecule has 1 aliphatic heterocycles. The Morgan fingerprint density at radius 1 is 1.12 bits per heavy atom. The van der Waals surface area contributed by atoms with E-state index in [0.717, 1.165) is 0 Å². The predicted octanol–water partition coefficient (Wildman–Crippen LogP) is 2.24. The van der Waals surface area contributed by atoms with Crippen molar-refractivity contribution in [2.45, 2.75) is 12.8 Å². The van der Waals surface area contributed by atoms with Crippen LogP contribution >= 0.6 is 0 Å². The molecule has 0 saturated carbocycles. The molecule has 32 heavy (non-hydrogen) atoms. The number of fused-ring (bicyclic) bond motifs is 1. The lowest BCUT2D eigenvalue weighted by molar-refractivity contribution is -0.134. The molecule has 2 heterocycles. The van der Waals surface area contributed by atoms with Crippen molar-refractivity contribution in [1.29, 1.82) is 0 Å². The van der Waals surface area contributed by atoms with Gasteiger partial charge in [0.1, 0.15) is 11.3 Å². The normalized spacial score (nSPS) is 14.8. The zero-order valence-corrected chi connectivity index (χ0v) is 17.7. The first-order chi connectivity index (χ1) is 15.5. The number of carbonyl (C=O) groups excluding carboxylic acids is 2. The van der Waals surface area contributed by atoms with Gasteiger partial charge >= 0.3 is 5.63 Å². The van der Waals surface area contributed by atoms with Crippen molar-refractivity contribution in [2.75, 3.05) is 32.8 Å². The van der Waals surface area contributed by atoms with Crippen molar-refractivity contribution in [3.05, 3.63) is 75.6 Å². The van der Waals surface area contributed by atoms with Gasteiger partial charge in [-0.05, 0) is 29.8 Å². The Kier molecular flexibility index (Phi) is 6.23. The third-order valence-electron chi connectivity index (χ3n) is 5.67. The van der Waals surface area contributed by atoms with E-state index in [1.54, 1.807) is 60.4 Å². The van der Waals surface area contributed by atoms with Gasteiger partial charge in [-0.15, -0.1) is 0 Å². The first kappa shape index (κ1) is 21.6. The smallest absolute Gasteiger partial charge is 0.343 e. The minimum absolute atomic E-state index is 0.104. The summed E-state index contributed by atoms with van der Waals surface area (Å²) in [5.41, 5.74) is 0.830. The molecule has 8 nitrogen and oxygen atoms in total. The molecule has 3 aromatic rings. The molecule has 1 fully saturated rings. The van der Waals surface area contributed by atoms with E-state index in [2.05, 4.69) is 5.32 Å². The molecule has 2 amide bonds. The van der Waals surface area contributed by atoms with E-state index in [1.165, 1.54) is 0 Å². The lowest BCUT2D eigenvalue weighted by atomic mass is 9.91. The second kappa shape index (κ2) is 9.23. The number of hydrogen-bond donors (Lipinski definition) is 2. The van der Waals surface area contributed by atoms with E-state index in [4.69, 9.17) is 9.15 Å². The monoisotopic (exact) mass is 436 g/mol. The highest BCUT2D eigenvalue weighted by Gasteiger charge is 2.22. The van der Waals surface area contributed by atoms with Crippen LogP contribution in [0.25, 0.3) is 11.0 Å². The van der Waals surface area contributed by atoms with Gasteiger partial charge < -0.3 is 24.5 Å². The van der Waals surface area contributed by atoms with Crippen LogP contribution in [0.4, 0.5) is 0 Å². The largest absolute Gasteiger partial charge is 0.507 e. The number of rotatable bonds is 5. The third-order valence-corrected chi connectivity index (χ3v) is 5.67. The Bertz CT molecular complexity index is 1210. The third kappa shape index (κ3) is 4.36. The van der Waals surface area contributed by atoms with Gasteiger partial charge in [-0.25, -0.2) is 4.79 Å². The van der Waals surface area contributed by atoms with E-state index in [9.17, 15) is 19.5 Å². The number of ether oxygens (including phenoxy) is 1. The second-order valence-corrected chi connectivity index (χ2v) is 7.67.